The highest BCUT2D eigenvalue weighted by molar-refractivity contribution is 8.32. The number of methoxy groups -OCH3 is 1. The van der Waals surface area contributed by atoms with Crippen LogP contribution in [-0.4, -0.2) is 55.8 Å². The van der Waals surface area contributed by atoms with Crippen LogP contribution in [0.4, 0.5) is 0 Å². The van der Waals surface area contributed by atoms with Crippen molar-refractivity contribution in [3.05, 3.63) is 59.2 Å². The van der Waals surface area contributed by atoms with Crippen LogP contribution in [0.25, 0.3) is 0 Å². The second-order valence-electron chi connectivity index (χ2n) is 7.65. The molecule has 0 saturated carbocycles. The van der Waals surface area contributed by atoms with Gasteiger partial charge in [-0.15, -0.1) is 0 Å². The SMILES string of the molecule is CCOC(CCS(C)(C)Cc1ccc(C(=O)c2ccc(OC)cc2O)cc1)OCC. The van der Waals surface area contributed by atoms with E-state index < -0.39 is 10.0 Å². The highest BCUT2D eigenvalue weighted by atomic mass is 32.3. The number of carbonyl (C=O) groups is 1. The molecule has 0 aliphatic rings. The lowest BCUT2D eigenvalue weighted by Gasteiger charge is -2.33. The summed E-state index contributed by atoms with van der Waals surface area (Å²) in [4.78, 5) is 12.7. The Kier molecular flexibility index (Phi) is 9.21. The molecule has 2 rings (SSSR count). The van der Waals surface area contributed by atoms with Gasteiger partial charge in [-0.25, -0.2) is 10.0 Å². The van der Waals surface area contributed by atoms with Crippen molar-refractivity contribution in [1.29, 1.82) is 0 Å². The van der Waals surface area contributed by atoms with E-state index in [1.807, 2.05) is 38.1 Å². The number of rotatable bonds is 12. The normalized spacial score (nSPS) is 12.2. The summed E-state index contributed by atoms with van der Waals surface area (Å²) < 4.78 is 16.4. The fourth-order valence-electron chi connectivity index (χ4n) is 3.26. The molecule has 0 spiro atoms. The molecule has 6 heteroatoms. The fourth-order valence-corrected chi connectivity index (χ4v) is 5.33. The van der Waals surface area contributed by atoms with Crippen LogP contribution in [0.15, 0.2) is 42.5 Å². The van der Waals surface area contributed by atoms with E-state index in [1.165, 1.54) is 18.7 Å². The molecule has 5 nitrogen and oxygen atoms in total. The van der Waals surface area contributed by atoms with Crippen molar-refractivity contribution in [3.8, 4) is 11.5 Å². The number of ketones is 1. The van der Waals surface area contributed by atoms with Crippen molar-refractivity contribution < 1.29 is 24.1 Å². The maximum atomic E-state index is 12.7. The molecule has 0 atom stereocenters. The first-order valence-corrected chi connectivity index (χ1v) is 13.0. The predicted molar refractivity (Wildman–Crippen MR) is 124 cm³/mol. The summed E-state index contributed by atoms with van der Waals surface area (Å²) in [5, 5.41) is 10.1. The van der Waals surface area contributed by atoms with Gasteiger partial charge in [0.1, 0.15) is 11.5 Å². The number of hydrogen-bond acceptors (Lipinski definition) is 5. The molecule has 2 aromatic carbocycles. The molecule has 0 saturated heterocycles. The smallest absolute Gasteiger partial charge is 0.196 e. The predicted octanol–water partition coefficient (Wildman–Crippen LogP) is 4.99. The molecule has 0 fully saturated rings. The Hall–Kier alpha value is -2.02. The molecule has 0 bridgehead atoms. The van der Waals surface area contributed by atoms with Gasteiger partial charge in [0.15, 0.2) is 12.1 Å². The Bertz CT molecular complexity index is 811. The van der Waals surface area contributed by atoms with Crippen LogP contribution in [0, 0.1) is 0 Å². The molecule has 166 valence electrons. The largest absolute Gasteiger partial charge is 0.507 e. The molecule has 30 heavy (non-hydrogen) atoms. The first-order chi connectivity index (χ1) is 14.3. The summed E-state index contributed by atoms with van der Waals surface area (Å²) in [6, 6.07) is 12.4. The van der Waals surface area contributed by atoms with Crippen LogP contribution in [0.2, 0.25) is 0 Å². The van der Waals surface area contributed by atoms with E-state index in [2.05, 4.69) is 12.5 Å². The van der Waals surface area contributed by atoms with E-state index in [-0.39, 0.29) is 23.4 Å². The van der Waals surface area contributed by atoms with Gasteiger partial charge in [0.2, 0.25) is 0 Å². The van der Waals surface area contributed by atoms with Crippen LogP contribution in [-0.2, 0) is 15.2 Å². The van der Waals surface area contributed by atoms with Gasteiger partial charge in [0, 0.05) is 37.0 Å². The molecular weight excluding hydrogens is 400 g/mol. The Labute approximate surface area is 181 Å². The van der Waals surface area contributed by atoms with Crippen molar-refractivity contribution in [2.75, 3.05) is 38.6 Å². The van der Waals surface area contributed by atoms with Gasteiger partial charge in [0.25, 0.3) is 0 Å². The van der Waals surface area contributed by atoms with Gasteiger partial charge in [-0.05, 0) is 49.8 Å². The maximum absolute atomic E-state index is 12.7. The molecule has 0 aromatic heterocycles. The molecule has 0 aliphatic heterocycles. The zero-order chi connectivity index (χ0) is 22.1. The standard InChI is InChI=1S/C24H34O5S/c1-6-28-23(29-7-2)14-15-30(4,5)17-18-8-10-19(11-9-18)24(26)21-13-12-20(27-3)16-22(21)25/h8-13,16,23,25H,6-7,14-15,17H2,1-5H3. The monoisotopic (exact) mass is 434 g/mol. The third kappa shape index (κ3) is 7.04. The molecule has 0 unspecified atom stereocenters. The van der Waals surface area contributed by atoms with Crippen LogP contribution in [0.3, 0.4) is 0 Å². The molecular formula is C24H34O5S. The van der Waals surface area contributed by atoms with Crippen molar-refractivity contribution in [3.63, 3.8) is 0 Å². The minimum atomic E-state index is -0.865. The van der Waals surface area contributed by atoms with E-state index in [9.17, 15) is 9.90 Å². The number of ether oxygens (including phenoxy) is 3. The van der Waals surface area contributed by atoms with E-state index in [4.69, 9.17) is 14.2 Å². The number of carbonyl (C=O) groups excluding carboxylic acids is 1. The quantitative estimate of drug-likeness (QED) is 0.377. The van der Waals surface area contributed by atoms with Crippen molar-refractivity contribution >= 4 is 15.8 Å². The summed E-state index contributed by atoms with van der Waals surface area (Å²) >= 11 is 0. The van der Waals surface area contributed by atoms with Crippen molar-refractivity contribution in [2.45, 2.75) is 32.3 Å². The third-order valence-electron chi connectivity index (χ3n) is 4.83. The Morgan fingerprint density at radius 2 is 1.67 bits per heavy atom. The lowest BCUT2D eigenvalue weighted by molar-refractivity contribution is -0.136. The number of phenols is 1. The average molecular weight is 435 g/mol. The van der Waals surface area contributed by atoms with Gasteiger partial charge in [-0.3, -0.25) is 4.79 Å². The summed E-state index contributed by atoms with van der Waals surface area (Å²) in [5.74, 6) is 2.26. The van der Waals surface area contributed by atoms with E-state index in [1.54, 1.807) is 12.1 Å². The molecule has 2 aromatic rings. The minimum Gasteiger partial charge on any atom is -0.507 e. The van der Waals surface area contributed by atoms with E-state index in [0.29, 0.717) is 24.5 Å². The summed E-state index contributed by atoms with van der Waals surface area (Å²) in [7, 11) is 0.655. The Morgan fingerprint density at radius 1 is 1.03 bits per heavy atom. The zero-order valence-electron chi connectivity index (χ0n) is 18.6. The van der Waals surface area contributed by atoms with Crippen molar-refractivity contribution in [1.82, 2.24) is 0 Å². The van der Waals surface area contributed by atoms with Gasteiger partial charge in [0.05, 0.1) is 12.7 Å². The first-order valence-electron chi connectivity index (χ1n) is 10.2. The van der Waals surface area contributed by atoms with Gasteiger partial charge in [-0.2, -0.15) is 0 Å². The van der Waals surface area contributed by atoms with Crippen LogP contribution in [0.5, 0.6) is 11.5 Å². The second-order valence-corrected chi connectivity index (χ2v) is 11.9. The summed E-state index contributed by atoms with van der Waals surface area (Å²) in [6.45, 7) is 5.27. The Balaban J connectivity index is 2.01. The van der Waals surface area contributed by atoms with Gasteiger partial charge in [-0.1, -0.05) is 24.3 Å². The lowest BCUT2D eigenvalue weighted by atomic mass is 10.0. The summed E-state index contributed by atoms with van der Waals surface area (Å²) in [5.41, 5.74) is 2.03. The zero-order valence-corrected chi connectivity index (χ0v) is 19.5. The molecule has 0 amide bonds. The highest BCUT2D eigenvalue weighted by Crippen LogP contribution is 2.44. The van der Waals surface area contributed by atoms with E-state index in [0.717, 1.165) is 17.9 Å². The topological polar surface area (TPSA) is 65.0 Å². The number of benzene rings is 2. The number of hydrogen-bond donors (Lipinski definition) is 1. The van der Waals surface area contributed by atoms with Crippen molar-refractivity contribution in [2.24, 2.45) is 0 Å². The minimum absolute atomic E-state index is 0.0767. The van der Waals surface area contributed by atoms with Gasteiger partial charge >= 0.3 is 0 Å². The van der Waals surface area contributed by atoms with Crippen LogP contribution < -0.4 is 4.74 Å². The molecule has 1 N–H and O–H groups in total. The summed E-state index contributed by atoms with van der Waals surface area (Å²) in [6.07, 6.45) is 5.38. The van der Waals surface area contributed by atoms with Gasteiger partial charge < -0.3 is 19.3 Å². The highest BCUT2D eigenvalue weighted by Gasteiger charge is 2.18. The van der Waals surface area contributed by atoms with Crippen LogP contribution in [0.1, 0.15) is 41.8 Å². The molecule has 0 heterocycles. The van der Waals surface area contributed by atoms with E-state index >= 15 is 0 Å². The van der Waals surface area contributed by atoms with Crippen LogP contribution >= 0.6 is 10.0 Å². The second kappa shape index (κ2) is 11.4. The first kappa shape index (κ1) is 24.3. The Morgan fingerprint density at radius 3 is 2.20 bits per heavy atom. The lowest BCUT2D eigenvalue weighted by Crippen LogP contribution is -2.20. The third-order valence-corrected chi connectivity index (χ3v) is 7.29. The molecule has 0 aliphatic carbocycles. The maximum Gasteiger partial charge on any atom is 0.196 e. The number of aromatic hydroxyl groups is 1. The average Bonchev–Trinajstić information content (AvgIpc) is 2.72. The number of phenolic OH excluding ortho intramolecular Hbond substituents is 1. The fraction of sp³-hybridized carbons (Fsp3) is 0.458. The molecule has 0 radical (unpaired) electrons.